The zero-order valence-corrected chi connectivity index (χ0v) is 9.05. The molecule has 1 aliphatic carbocycles. The lowest BCUT2D eigenvalue weighted by atomic mass is 9.78. The van der Waals surface area contributed by atoms with Gasteiger partial charge in [-0.2, -0.15) is 0 Å². The smallest absolute Gasteiger partial charge is 0.320 e. The molecular weight excluding hydrogens is 202 g/mol. The third-order valence-electron chi connectivity index (χ3n) is 3.41. The van der Waals surface area contributed by atoms with Gasteiger partial charge in [0.15, 0.2) is 0 Å². The number of rotatable bonds is 3. The molecule has 14 heavy (non-hydrogen) atoms. The molecule has 2 atom stereocenters. The van der Waals surface area contributed by atoms with Gasteiger partial charge in [-0.05, 0) is 31.2 Å². The Morgan fingerprint density at radius 1 is 1.36 bits per heavy atom. The third-order valence-corrected chi connectivity index (χ3v) is 3.41. The molecule has 0 bridgehead atoms. The Morgan fingerprint density at radius 3 is 2.50 bits per heavy atom. The van der Waals surface area contributed by atoms with Gasteiger partial charge in [-0.15, -0.1) is 12.4 Å². The van der Waals surface area contributed by atoms with Crippen molar-refractivity contribution in [2.75, 3.05) is 6.54 Å². The fraction of sp³-hybridized carbons (Fsp3) is 0.900. The summed E-state index contributed by atoms with van der Waals surface area (Å²) < 4.78 is 0. The van der Waals surface area contributed by atoms with Gasteiger partial charge in [0.25, 0.3) is 0 Å². The minimum Gasteiger partial charge on any atom is -0.480 e. The summed E-state index contributed by atoms with van der Waals surface area (Å²) in [6.07, 6.45) is 6.21. The number of carbonyl (C=O) groups is 1. The van der Waals surface area contributed by atoms with Crippen molar-refractivity contribution in [2.24, 2.45) is 11.8 Å². The van der Waals surface area contributed by atoms with Crippen molar-refractivity contribution in [3.8, 4) is 0 Å². The molecule has 0 unspecified atom stereocenters. The van der Waals surface area contributed by atoms with Crippen LogP contribution in [-0.4, -0.2) is 23.7 Å². The van der Waals surface area contributed by atoms with Crippen molar-refractivity contribution in [1.82, 2.24) is 5.32 Å². The molecule has 0 aromatic carbocycles. The van der Waals surface area contributed by atoms with Crippen molar-refractivity contribution in [3.05, 3.63) is 0 Å². The molecule has 0 aromatic heterocycles. The number of nitrogens with one attached hydrogen (secondary N) is 1. The number of carboxylic acid groups (broad SMARTS) is 1. The minimum atomic E-state index is -0.684. The highest BCUT2D eigenvalue weighted by Gasteiger charge is 2.31. The van der Waals surface area contributed by atoms with Crippen LogP contribution in [-0.2, 0) is 4.79 Å². The Bertz CT molecular complexity index is 206. The summed E-state index contributed by atoms with van der Waals surface area (Å²) in [6, 6.07) is -0.273. The summed E-state index contributed by atoms with van der Waals surface area (Å²) in [7, 11) is 0. The van der Waals surface area contributed by atoms with E-state index in [2.05, 4.69) is 5.32 Å². The van der Waals surface area contributed by atoms with E-state index < -0.39 is 5.97 Å². The maximum absolute atomic E-state index is 10.7. The first-order valence-electron chi connectivity index (χ1n) is 5.22. The van der Waals surface area contributed by atoms with Crippen molar-refractivity contribution in [1.29, 1.82) is 0 Å². The van der Waals surface area contributed by atoms with Crippen LogP contribution in [0, 0.1) is 11.8 Å². The topological polar surface area (TPSA) is 49.3 Å². The molecule has 0 spiro atoms. The standard InChI is InChI=1S/C10H17NO2.ClH/c12-10(13)9-5-8(6-11-9)4-7-2-1-3-7;/h7-9,11H,1-6H2,(H,12,13);1H/t8-,9-;/m0./s1. The zero-order valence-electron chi connectivity index (χ0n) is 8.24. The lowest BCUT2D eigenvalue weighted by Crippen LogP contribution is -2.29. The monoisotopic (exact) mass is 219 g/mol. The Hall–Kier alpha value is -0.280. The summed E-state index contributed by atoms with van der Waals surface area (Å²) in [5.41, 5.74) is 0. The molecule has 82 valence electrons. The van der Waals surface area contributed by atoms with E-state index in [1.54, 1.807) is 0 Å². The van der Waals surface area contributed by atoms with Gasteiger partial charge < -0.3 is 10.4 Å². The Labute approximate surface area is 90.7 Å². The Balaban J connectivity index is 0.000000980. The number of aliphatic carboxylic acids is 1. The highest BCUT2D eigenvalue weighted by Crippen LogP contribution is 2.34. The molecule has 1 saturated carbocycles. The van der Waals surface area contributed by atoms with Gasteiger partial charge in [0.2, 0.25) is 0 Å². The Morgan fingerprint density at radius 2 is 2.07 bits per heavy atom. The van der Waals surface area contributed by atoms with E-state index in [1.807, 2.05) is 0 Å². The average Bonchev–Trinajstić information content (AvgIpc) is 2.44. The first-order valence-corrected chi connectivity index (χ1v) is 5.22. The lowest BCUT2D eigenvalue weighted by molar-refractivity contribution is -0.139. The molecule has 2 N–H and O–H groups in total. The SMILES string of the molecule is Cl.O=C(O)[C@@H]1C[C@H](CC2CCC2)CN1. The molecule has 1 aliphatic heterocycles. The molecule has 0 radical (unpaired) electrons. The zero-order chi connectivity index (χ0) is 9.26. The number of carboxylic acids is 1. The molecule has 0 amide bonds. The second-order valence-electron chi connectivity index (χ2n) is 4.43. The first-order chi connectivity index (χ1) is 6.25. The predicted molar refractivity (Wildman–Crippen MR) is 56.7 cm³/mol. The number of halogens is 1. The summed E-state index contributed by atoms with van der Waals surface area (Å²) in [4.78, 5) is 10.7. The molecule has 2 aliphatic rings. The largest absolute Gasteiger partial charge is 0.480 e. The summed E-state index contributed by atoms with van der Waals surface area (Å²) in [6.45, 7) is 0.910. The summed E-state index contributed by atoms with van der Waals surface area (Å²) in [5, 5.41) is 11.8. The van der Waals surface area contributed by atoms with E-state index >= 15 is 0 Å². The van der Waals surface area contributed by atoms with Gasteiger partial charge in [-0.3, -0.25) is 4.79 Å². The van der Waals surface area contributed by atoms with Crippen LogP contribution in [0.15, 0.2) is 0 Å². The van der Waals surface area contributed by atoms with Gasteiger partial charge in [-0.25, -0.2) is 0 Å². The fourth-order valence-corrected chi connectivity index (χ4v) is 2.38. The van der Waals surface area contributed by atoms with E-state index in [9.17, 15) is 4.79 Å². The lowest BCUT2D eigenvalue weighted by Gasteiger charge is -2.27. The van der Waals surface area contributed by atoms with E-state index in [-0.39, 0.29) is 18.4 Å². The normalized spacial score (nSPS) is 32.0. The molecule has 4 heteroatoms. The number of hydrogen-bond donors (Lipinski definition) is 2. The second kappa shape index (κ2) is 4.99. The van der Waals surface area contributed by atoms with Crippen LogP contribution in [0.25, 0.3) is 0 Å². The summed E-state index contributed by atoms with van der Waals surface area (Å²) in [5.74, 6) is 0.835. The van der Waals surface area contributed by atoms with Gasteiger partial charge in [-0.1, -0.05) is 19.3 Å². The molecular formula is C10H18ClNO2. The van der Waals surface area contributed by atoms with Gasteiger partial charge in [0.05, 0.1) is 0 Å². The van der Waals surface area contributed by atoms with Crippen LogP contribution >= 0.6 is 12.4 Å². The molecule has 2 fully saturated rings. The van der Waals surface area contributed by atoms with Gasteiger partial charge in [0, 0.05) is 0 Å². The summed E-state index contributed by atoms with van der Waals surface area (Å²) >= 11 is 0. The fourth-order valence-electron chi connectivity index (χ4n) is 2.38. The molecule has 0 aromatic rings. The van der Waals surface area contributed by atoms with Crippen molar-refractivity contribution in [3.63, 3.8) is 0 Å². The van der Waals surface area contributed by atoms with Gasteiger partial charge >= 0.3 is 5.97 Å². The maximum atomic E-state index is 10.7. The molecule has 1 heterocycles. The van der Waals surface area contributed by atoms with E-state index in [4.69, 9.17) is 5.11 Å². The van der Waals surface area contributed by atoms with Gasteiger partial charge in [0.1, 0.15) is 6.04 Å². The van der Waals surface area contributed by atoms with Crippen molar-refractivity contribution < 1.29 is 9.90 Å². The quantitative estimate of drug-likeness (QED) is 0.759. The van der Waals surface area contributed by atoms with E-state index in [0.717, 1.165) is 18.9 Å². The maximum Gasteiger partial charge on any atom is 0.320 e. The van der Waals surface area contributed by atoms with Crippen molar-refractivity contribution >= 4 is 18.4 Å². The van der Waals surface area contributed by atoms with Crippen LogP contribution in [0.5, 0.6) is 0 Å². The molecule has 3 nitrogen and oxygen atoms in total. The first kappa shape index (κ1) is 11.8. The van der Waals surface area contributed by atoms with Crippen LogP contribution < -0.4 is 5.32 Å². The highest BCUT2D eigenvalue weighted by atomic mass is 35.5. The van der Waals surface area contributed by atoms with Crippen molar-refractivity contribution in [2.45, 2.75) is 38.1 Å². The average molecular weight is 220 g/mol. The second-order valence-corrected chi connectivity index (χ2v) is 4.43. The van der Waals surface area contributed by atoms with Crippen LogP contribution in [0.2, 0.25) is 0 Å². The van der Waals surface area contributed by atoms with E-state index in [1.165, 1.54) is 25.7 Å². The highest BCUT2D eigenvalue weighted by molar-refractivity contribution is 5.85. The van der Waals surface area contributed by atoms with E-state index in [0.29, 0.717) is 5.92 Å². The third kappa shape index (κ3) is 2.61. The molecule has 1 saturated heterocycles. The molecule has 2 rings (SSSR count). The number of hydrogen-bond acceptors (Lipinski definition) is 2. The minimum absolute atomic E-state index is 0. The van der Waals surface area contributed by atoms with Crippen LogP contribution in [0.1, 0.15) is 32.1 Å². The van der Waals surface area contributed by atoms with Crippen LogP contribution in [0.4, 0.5) is 0 Å². The predicted octanol–water partition coefficient (Wildman–Crippen LogP) is 1.66. The van der Waals surface area contributed by atoms with Crippen LogP contribution in [0.3, 0.4) is 0 Å². The Kier molecular flexibility index (Phi) is 4.20.